The number of primary sulfonamides is 1. The monoisotopic (exact) mass is 331 g/mol. The Bertz CT molecular complexity index is 566. The van der Waals surface area contributed by atoms with Crippen molar-refractivity contribution in [2.75, 3.05) is 38.5 Å². The maximum Gasteiger partial charge on any atom is 0.243 e. The van der Waals surface area contributed by atoms with E-state index in [0.717, 1.165) is 45.0 Å². The lowest BCUT2D eigenvalue weighted by atomic mass is 10.2. The van der Waals surface area contributed by atoms with Crippen molar-refractivity contribution in [2.45, 2.75) is 32.7 Å². The third kappa shape index (κ3) is 5.01. The summed E-state index contributed by atoms with van der Waals surface area (Å²) in [6.07, 6.45) is 1.35. The maximum atomic E-state index is 10.9. The molecule has 2 heterocycles. The average molecular weight is 331 g/mol. The lowest BCUT2D eigenvalue weighted by molar-refractivity contribution is 0.0885. The molecule has 9 heteroatoms. The van der Waals surface area contributed by atoms with Gasteiger partial charge in [0, 0.05) is 32.6 Å². The molecule has 0 aromatic carbocycles. The molecular formula is C13H25N5O3S. The molecule has 0 spiro atoms. The molecule has 1 saturated heterocycles. The average Bonchev–Trinajstić information content (AvgIpc) is 2.95. The fourth-order valence-electron chi connectivity index (χ4n) is 2.60. The first-order valence-electron chi connectivity index (χ1n) is 7.68. The van der Waals surface area contributed by atoms with Gasteiger partial charge in [-0.05, 0) is 19.9 Å². The van der Waals surface area contributed by atoms with Crippen molar-refractivity contribution in [3.05, 3.63) is 11.7 Å². The van der Waals surface area contributed by atoms with Crippen LogP contribution in [0.5, 0.6) is 0 Å². The van der Waals surface area contributed by atoms with Gasteiger partial charge in [-0.1, -0.05) is 12.1 Å². The highest BCUT2D eigenvalue weighted by Crippen LogP contribution is 2.20. The number of piperazine rings is 1. The van der Waals surface area contributed by atoms with Gasteiger partial charge in [0.2, 0.25) is 15.9 Å². The third-order valence-electron chi connectivity index (χ3n) is 4.02. The molecule has 1 aliphatic heterocycles. The molecule has 2 rings (SSSR count). The Labute approximate surface area is 131 Å². The van der Waals surface area contributed by atoms with E-state index in [-0.39, 0.29) is 11.8 Å². The molecule has 8 nitrogen and oxygen atoms in total. The lowest BCUT2D eigenvalue weighted by Gasteiger charge is -2.36. The fraction of sp³-hybridized carbons (Fsp3) is 0.846. The van der Waals surface area contributed by atoms with E-state index in [1.807, 2.05) is 6.92 Å². The first kappa shape index (κ1) is 17.3. The smallest absolute Gasteiger partial charge is 0.243 e. The number of aromatic nitrogens is 2. The number of aryl methyl sites for hydroxylation is 1. The van der Waals surface area contributed by atoms with Crippen LogP contribution in [0.4, 0.5) is 0 Å². The Hall–Kier alpha value is -1.03. The van der Waals surface area contributed by atoms with Crippen LogP contribution < -0.4 is 5.14 Å². The lowest BCUT2D eigenvalue weighted by Crippen LogP contribution is -2.47. The van der Waals surface area contributed by atoms with Gasteiger partial charge in [-0.3, -0.25) is 4.90 Å². The molecule has 0 aliphatic carbocycles. The Morgan fingerprint density at radius 3 is 2.55 bits per heavy atom. The van der Waals surface area contributed by atoms with E-state index < -0.39 is 10.0 Å². The molecule has 0 amide bonds. The maximum absolute atomic E-state index is 10.9. The minimum Gasteiger partial charge on any atom is -0.338 e. The molecule has 0 bridgehead atoms. The van der Waals surface area contributed by atoms with Crippen LogP contribution in [-0.2, 0) is 16.4 Å². The van der Waals surface area contributed by atoms with Crippen molar-refractivity contribution >= 4 is 10.0 Å². The summed E-state index contributed by atoms with van der Waals surface area (Å²) in [4.78, 5) is 8.96. The van der Waals surface area contributed by atoms with Crippen LogP contribution in [0.25, 0.3) is 0 Å². The molecule has 126 valence electrons. The van der Waals surface area contributed by atoms with Gasteiger partial charge in [-0.15, -0.1) is 0 Å². The Morgan fingerprint density at radius 2 is 2.00 bits per heavy atom. The van der Waals surface area contributed by atoms with E-state index in [4.69, 9.17) is 9.66 Å². The zero-order valence-corrected chi connectivity index (χ0v) is 14.0. The predicted octanol–water partition coefficient (Wildman–Crippen LogP) is -0.0108. The summed E-state index contributed by atoms with van der Waals surface area (Å²) in [5, 5.41) is 8.95. The van der Waals surface area contributed by atoms with E-state index in [9.17, 15) is 8.42 Å². The summed E-state index contributed by atoms with van der Waals surface area (Å²) in [5.41, 5.74) is 0. The number of rotatable bonds is 7. The highest BCUT2D eigenvalue weighted by Gasteiger charge is 2.25. The summed E-state index contributed by atoms with van der Waals surface area (Å²) in [5.74, 6) is 1.45. The number of nitrogens with two attached hydrogens (primary N) is 1. The predicted molar refractivity (Wildman–Crippen MR) is 82.7 cm³/mol. The molecule has 1 fully saturated rings. The van der Waals surface area contributed by atoms with E-state index >= 15 is 0 Å². The summed E-state index contributed by atoms with van der Waals surface area (Å²) < 4.78 is 27.2. The number of nitrogens with zero attached hydrogens (tertiary/aromatic N) is 4. The van der Waals surface area contributed by atoms with Gasteiger partial charge in [-0.25, -0.2) is 13.6 Å². The van der Waals surface area contributed by atoms with Crippen LogP contribution in [0.15, 0.2) is 4.52 Å². The van der Waals surface area contributed by atoms with Gasteiger partial charge in [0.25, 0.3) is 0 Å². The van der Waals surface area contributed by atoms with Gasteiger partial charge in [0.1, 0.15) is 0 Å². The van der Waals surface area contributed by atoms with Gasteiger partial charge in [0.05, 0.1) is 11.8 Å². The van der Waals surface area contributed by atoms with Crippen molar-refractivity contribution in [1.82, 2.24) is 19.9 Å². The SMILES string of the molecule is CCc1noc([C@@H](C)N2CCN(CCCS(N)(=O)=O)CC2)n1. The minimum absolute atomic E-state index is 0.0470. The van der Waals surface area contributed by atoms with E-state index in [1.54, 1.807) is 0 Å². The van der Waals surface area contributed by atoms with Crippen molar-refractivity contribution < 1.29 is 12.9 Å². The van der Waals surface area contributed by atoms with Crippen LogP contribution in [0.1, 0.15) is 38.0 Å². The summed E-state index contributed by atoms with van der Waals surface area (Å²) in [7, 11) is -3.35. The van der Waals surface area contributed by atoms with Gasteiger partial charge >= 0.3 is 0 Å². The van der Waals surface area contributed by atoms with E-state index in [1.165, 1.54) is 0 Å². The van der Waals surface area contributed by atoms with E-state index in [2.05, 4.69) is 26.9 Å². The zero-order chi connectivity index (χ0) is 16.2. The molecule has 0 unspecified atom stereocenters. The number of sulfonamides is 1. The van der Waals surface area contributed by atoms with Crippen molar-refractivity contribution in [3.63, 3.8) is 0 Å². The second-order valence-electron chi connectivity index (χ2n) is 5.68. The summed E-state index contributed by atoms with van der Waals surface area (Å²) >= 11 is 0. The molecule has 1 aromatic rings. The van der Waals surface area contributed by atoms with Crippen LogP contribution in [0, 0.1) is 0 Å². The molecule has 0 saturated carbocycles. The highest BCUT2D eigenvalue weighted by atomic mass is 32.2. The second kappa shape index (κ2) is 7.49. The molecular weight excluding hydrogens is 306 g/mol. The Morgan fingerprint density at radius 1 is 1.32 bits per heavy atom. The normalized spacial score (nSPS) is 19.4. The molecule has 1 aromatic heterocycles. The summed E-state index contributed by atoms with van der Waals surface area (Å²) in [6.45, 7) is 8.45. The van der Waals surface area contributed by atoms with Crippen LogP contribution in [-0.4, -0.2) is 66.8 Å². The van der Waals surface area contributed by atoms with Gasteiger partial charge in [-0.2, -0.15) is 4.98 Å². The summed E-state index contributed by atoms with van der Waals surface area (Å²) in [6, 6.07) is 0.111. The fourth-order valence-corrected chi connectivity index (χ4v) is 3.13. The highest BCUT2D eigenvalue weighted by molar-refractivity contribution is 7.89. The molecule has 1 aliphatic rings. The third-order valence-corrected chi connectivity index (χ3v) is 4.87. The van der Waals surface area contributed by atoms with Gasteiger partial charge in [0.15, 0.2) is 5.82 Å². The van der Waals surface area contributed by atoms with Crippen LogP contribution >= 0.6 is 0 Å². The Balaban J connectivity index is 1.76. The zero-order valence-electron chi connectivity index (χ0n) is 13.2. The second-order valence-corrected chi connectivity index (χ2v) is 7.41. The molecule has 1 atom stereocenters. The van der Waals surface area contributed by atoms with Crippen molar-refractivity contribution in [1.29, 1.82) is 0 Å². The molecule has 2 N–H and O–H groups in total. The van der Waals surface area contributed by atoms with Crippen LogP contribution in [0.2, 0.25) is 0 Å². The van der Waals surface area contributed by atoms with Crippen LogP contribution in [0.3, 0.4) is 0 Å². The molecule has 0 radical (unpaired) electrons. The first-order valence-corrected chi connectivity index (χ1v) is 9.40. The largest absolute Gasteiger partial charge is 0.338 e. The molecule has 22 heavy (non-hydrogen) atoms. The topological polar surface area (TPSA) is 106 Å². The Kier molecular flexibility index (Phi) is 5.90. The van der Waals surface area contributed by atoms with Crippen molar-refractivity contribution in [2.24, 2.45) is 5.14 Å². The van der Waals surface area contributed by atoms with Gasteiger partial charge < -0.3 is 9.42 Å². The standard InChI is InChI=1S/C13H25N5O3S/c1-3-12-15-13(21-16-12)11(2)18-8-6-17(7-9-18)5-4-10-22(14,19)20/h11H,3-10H2,1-2H3,(H2,14,19,20)/t11-/m1/s1. The minimum atomic E-state index is -3.35. The van der Waals surface area contributed by atoms with E-state index in [0.29, 0.717) is 12.3 Å². The quantitative estimate of drug-likeness (QED) is 0.749. The number of hydrogen-bond donors (Lipinski definition) is 1. The number of hydrogen-bond acceptors (Lipinski definition) is 7. The van der Waals surface area contributed by atoms with Crippen molar-refractivity contribution in [3.8, 4) is 0 Å². The first-order chi connectivity index (χ1) is 10.4.